The monoisotopic (exact) mass is 613 g/mol. The molecule has 0 aliphatic heterocycles. The summed E-state index contributed by atoms with van der Waals surface area (Å²) in [6.07, 6.45) is 8.88. The number of hydrogen-bond donors (Lipinski definition) is 1. The van der Waals surface area contributed by atoms with Crippen molar-refractivity contribution in [1.82, 2.24) is 10.2 Å². The summed E-state index contributed by atoms with van der Waals surface area (Å²) in [5.41, 5.74) is 2.75. The number of benzene rings is 2. The zero-order valence-corrected chi connectivity index (χ0v) is 26.8. The van der Waals surface area contributed by atoms with Gasteiger partial charge >= 0.3 is 0 Å². The fourth-order valence-electron chi connectivity index (χ4n) is 7.88. The highest BCUT2D eigenvalue weighted by molar-refractivity contribution is 7.92. The molecule has 2 aromatic carbocycles. The molecule has 7 nitrogen and oxygen atoms in total. The first-order chi connectivity index (χ1) is 19.8. The summed E-state index contributed by atoms with van der Waals surface area (Å²) in [7, 11) is -3.78. The van der Waals surface area contributed by atoms with Crippen molar-refractivity contribution in [3.8, 4) is 0 Å². The Balaban J connectivity index is 1.37. The molecule has 4 aliphatic rings. The molecule has 0 radical (unpaired) electrons. The molecule has 0 aromatic heterocycles. The molecule has 9 heteroatoms. The van der Waals surface area contributed by atoms with Crippen LogP contribution in [0.3, 0.4) is 0 Å². The lowest BCUT2D eigenvalue weighted by molar-refractivity contribution is -0.139. The largest absolute Gasteiger partial charge is 0.354 e. The summed E-state index contributed by atoms with van der Waals surface area (Å²) in [5.74, 6) is 1.96. The number of hydrogen-bond acceptors (Lipinski definition) is 4. The van der Waals surface area contributed by atoms with E-state index in [1.165, 1.54) is 49.0 Å². The predicted molar refractivity (Wildman–Crippen MR) is 168 cm³/mol. The first kappa shape index (κ1) is 30.9. The van der Waals surface area contributed by atoms with Crippen LogP contribution in [0, 0.1) is 23.7 Å². The van der Waals surface area contributed by atoms with Gasteiger partial charge in [0.15, 0.2) is 0 Å². The minimum atomic E-state index is -3.78. The Morgan fingerprint density at radius 2 is 1.48 bits per heavy atom. The fraction of sp³-hybridized carbons (Fsp3) is 0.576. The summed E-state index contributed by atoms with van der Waals surface area (Å²) in [5, 5.41) is 3.47. The summed E-state index contributed by atoms with van der Waals surface area (Å²) in [4.78, 5) is 28.3. The zero-order chi connectivity index (χ0) is 30.2. The second kappa shape index (κ2) is 12.2. The van der Waals surface area contributed by atoms with Crippen LogP contribution in [0.5, 0.6) is 0 Å². The van der Waals surface area contributed by atoms with Gasteiger partial charge in [-0.15, -0.1) is 0 Å². The Kier molecular flexibility index (Phi) is 8.96. The average molecular weight is 614 g/mol. The van der Waals surface area contributed by atoms with Crippen molar-refractivity contribution >= 4 is 39.1 Å². The molecular formula is C33H44ClN3O4S. The van der Waals surface area contributed by atoms with Gasteiger partial charge in [0.05, 0.1) is 11.9 Å². The Morgan fingerprint density at radius 1 is 0.929 bits per heavy atom. The second-order valence-electron chi connectivity index (χ2n) is 13.5. The Morgan fingerprint density at radius 3 is 1.98 bits per heavy atom. The third kappa shape index (κ3) is 6.80. The molecule has 4 bridgehead atoms. The molecule has 4 fully saturated rings. The van der Waals surface area contributed by atoms with Gasteiger partial charge < -0.3 is 10.2 Å². The van der Waals surface area contributed by atoms with Gasteiger partial charge in [-0.2, -0.15) is 0 Å². The molecule has 6 rings (SSSR count). The number of rotatable bonds is 11. The minimum Gasteiger partial charge on any atom is -0.354 e. The minimum absolute atomic E-state index is 0.148. The number of carbonyl (C=O) groups excluding carboxylic acids is 2. The lowest BCUT2D eigenvalue weighted by atomic mass is 9.48. The van der Waals surface area contributed by atoms with Gasteiger partial charge in [-0.05, 0) is 110 Å². The van der Waals surface area contributed by atoms with E-state index in [-0.39, 0.29) is 23.8 Å². The summed E-state index contributed by atoms with van der Waals surface area (Å²) in [6, 6.07) is 14.1. The number of halogens is 1. The maximum Gasteiger partial charge on any atom is 0.244 e. The molecule has 42 heavy (non-hydrogen) atoms. The van der Waals surface area contributed by atoms with E-state index >= 15 is 0 Å². The molecule has 1 N–H and O–H groups in total. The lowest BCUT2D eigenvalue weighted by Crippen LogP contribution is -2.51. The molecule has 0 spiro atoms. The van der Waals surface area contributed by atoms with Crippen LogP contribution in [-0.2, 0) is 31.6 Å². The van der Waals surface area contributed by atoms with E-state index in [2.05, 4.69) is 17.4 Å². The highest BCUT2D eigenvalue weighted by atomic mass is 35.5. The summed E-state index contributed by atoms with van der Waals surface area (Å²) in [6.45, 7) is 5.91. The number of carbonyl (C=O) groups is 2. The smallest absolute Gasteiger partial charge is 0.244 e. The molecule has 0 unspecified atom stereocenters. The normalized spacial score (nSPS) is 25.3. The van der Waals surface area contributed by atoms with Crippen LogP contribution < -0.4 is 9.62 Å². The Hall–Kier alpha value is -2.58. The highest BCUT2D eigenvalue weighted by Gasteiger charge is 2.51. The maximum absolute atomic E-state index is 13.8. The van der Waals surface area contributed by atoms with Gasteiger partial charge in [-0.1, -0.05) is 49.7 Å². The van der Waals surface area contributed by atoms with Crippen LogP contribution in [0.25, 0.3) is 0 Å². The topological polar surface area (TPSA) is 86.8 Å². The van der Waals surface area contributed by atoms with Crippen LogP contribution in [0.15, 0.2) is 48.5 Å². The van der Waals surface area contributed by atoms with Gasteiger partial charge in [-0.25, -0.2) is 8.42 Å². The third-order valence-corrected chi connectivity index (χ3v) is 11.0. The average Bonchev–Trinajstić information content (AvgIpc) is 2.92. The van der Waals surface area contributed by atoms with E-state index in [0.29, 0.717) is 17.3 Å². The van der Waals surface area contributed by atoms with Crippen LogP contribution in [0.4, 0.5) is 5.69 Å². The van der Waals surface area contributed by atoms with Crippen molar-refractivity contribution in [3.05, 3.63) is 64.7 Å². The molecule has 2 aromatic rings. The number of anilines is 1. The van der Waals surface area contributed by atoms with Crippen molar-refractivity contribution in [1.29, 1.82) is 0 Å². The number of nitrogens with zero attached hydrogens (tertiary/aromatic N) is 2. The van der Waals surface area contributed by atoms with E-state index in [4.69, 9.17) is 11.6 Å². The van der Waals surface area contributed by atoms with Gasteiger partial charge in [0, 0.05) is 18.1 Å². The third-order valence-electron chi connectivity index (χ3n) is 9.60. The van der Waals surface area contributed by atoms with Crippen LogP contribution >= 0.6 is 11.6 Å². The predicted octanol–water partition coefficient (Wildman–Crippen LogP) is 5.76. The molecule has 0 saturated heterocycles. The summed E-state index contributed by atoms with van der Waals surface area (Å²) < 4.78 is 27.2. The standard InChI is InChI=1S/C33H44ClN3O4S/c1-22(2)19-35-32(39)23(3)36(20-24-5-9-29(34)10-6-24)31(38)21-37(42(4,40)41)30-11-7-28(8-12-30)33-16-25-13-26(17-33)15-27(14-25)18-33/h5-12,22-23,25-27H,13-21H2,1-4H3,(H,35,39)/t23-,25?,26?,27?,33?/m1/s1. The van der Waals surface area contributed by atoms with Crippen molar-refractivity contribution < 1.29 is 18.0 Å². The quantitative estimate of drug-likeness (QED) is 0.349. The van der Waals surface area contributed by atoms with Crippen molar-refractivity contribution in [2.45, 2.75) is 77.3 Å². The van der Waals surface area contributed by atoms with E-state index in [9.17, 15) is 18.0 Å². The van der Waals surface area contributed by atoms with Crippen molar-refractivity contribution in [2.75, 3.05) is 23.7 Å². The SMILES string of the molecule is CC(C)CNC(=O)[C@@H](C)N(Cc1ccc(Cl)cc1)C(=O)CN(c1ccc(C23CC4CC(CC(C4)C2)C3)cc1)S(C)(=O)=O. The highest BCUT2D eigenvalue weighted by Crippen LogP contribution is 2.60. The Labute approximate surface area is 256 Å². The molecule has 0 heterocycles. The van der Waals surface area contributed by atoms with Gasteiger partial charge in [0.25, 0.3) is 0 Å². The first-order valence-electron chi connectivity index (χ1n) is 15.2. The summed E-state index contributed by atoms with van der Waals surface area (Å²) >= 11 is 6.06. The van der Waals surface area contributed by atoms with Crippen LogP contribution in [0.2, 0.25) is 5.02 Å². The van der Waals surface area contributed by atoms with Crippen LogP contribution in [-0.4, -0.2) is 50.5 Å². The molecule has 2 amide bonds. The van der Waals surface area contributed by atoms with Gasteiger partial charge in [0.2, 0.25) is 21.8 Å². The molecule has 228 valence electrons. The molecular weight excluding hydrogens is 570 g/mol. The van der Waals surface area contributed by atoms with E-state index in [1.807, 2.05) is 26.0 Å². The van der Waals surface area contributed by atoms with Gasteiger partial charge in [0.1, 0.15) is 12.6 Å². The molecule has 4 aliphatic carbocycles. The van der Waals surface area contributed by atoms with E-state index < -0.39 is 28.5 Å². The number of nitrogens with one attached hydrogen (secondary N) is 1. The fourth-order valence-corrected chi connectivity index (χ4v) is 8.86. The lowest BCUT2D eigenvalue weighted by Gasteiger charge is -2.57. The van der Waals surface area contributed by atoms with Crippen LogP contribution in [0.1, 0.15) is 70.4 Å². The molecule has 1 atom stereocenters. The van der Waals surface area contributed by atoms with Gasteiger partial charge in [-0.3, -0.25) is 13.9 Å². The first-order valence-corrected chi connectivity index (χ1v) is 17.5. The maximum atomic E-state index is 13.8. The zero-order valence-electron chi connectivity index (χ0n) is 25.2. The van der Waals surface area contributed by atoms with E-state index in [1.54, 1.807) is 31.2 Å². The number of sulfonamides is 1. The van der Waals surface area contributed by atoms with E-state index in [0.717, 1.165) is 33.9 Å². The number of amides is 2. The van der Waals surface area contributed by atoms with Crippen molar-refractivity contribution in [3.63, 3.8) is 0 Å². The second-order valence-corrected chi connectivity index (χ2v) is 15.8. The Bertz CT molecular complexity index is 1360. The van der Waals surface area contributed by atoms with Crippen molar-refractivity contribution in [2.24, 2.45) is 23.7 Å². The molecule has 4 saturated carbocycles.